The van der Waals surface area contributed by atoms with Gasteiger partial charge >= 0.3 is 5.97 Å². The van der Waals surface area contributed by atoms with E-state index in [0.717, 1.165) is 23.3 Å². The highest BCUT2D eigenvalue weighted by Gasteiger charge is 2.13. The summed E-state index contributed by atoms with van der Waals surface area (Å²) < 4.78 is 17.8. The van der Waals surface area contributed by atoms with Gasteiger partial charge in [-0.1, -0.05) is 24.3 Å². The highest BCUT2D eigenvalue weighted by molar-refractivity contribution is 5.96. The highest BCUT2D eigenvalue weighted by atomic mass is 19.1. The van der Waals surface area contributed by atoms with Gasteiger partial charge in [0, 0.05) is 12.2 Å². The first-order valence-electron chi connectivity index (χ1n) is 7.00. The fraction of sp³-hybridized carbons (Fsp3) is 0.176. The predicted octanol–water partition coefficient (Wildman–Crippen LogP) is 2.19. The number of carbonyl (C=O) groups is 2. The van der Waals surface area contributed by atoms with Gasteiger partial charge in [0.2, 0.25) is 0 Å². The molecule has 2 rings (SSSR count). The van der Waals surface area contributed by atoms with Crippen molar-refractivity contribution >= 4 is 17.6 Å². The number of aryl methyl sites for hydroxylation is 1. The minimum Gasteiger partial charge on any atom is -0.452 e. The minimum absolute atomic E-state index is 0.0260. The molecule has 0 radical (unpaired) electrons. The molecule has 23 heavy (non-hydrogen) atoms. The summed E-state index contributed by atoms with van der Waals surface area (Å²) in [5.74, 6) is -1.74. The van der Waals surface area contributed by atoms with Gasteiger partial charge in [-0.3, -0.25) is 4.79 Å². The quantitative estimate of drug-likeness (QED) is 0.654. The van der Waals surface area contributed by atoms with Crippen LogP contribution in [0.4, 0.5) is 10.1 Å². The molecule has 0 saturated carbocycles. The summed E-state index contributed by atoms with van der Waals surface area (Å²) in [6.07, 6.45) is 0. The number of nitrogens with one attached hydrogen (secondary N) is 1. The van der Waals surface area contributed by atoms with Crippen LogP contribution in [0, 0.1) is 12.7 Å². The second-order valence-corrected chi connectivity index (χ2v) is 5.01. The molecule has 0 fully saturated rings. The van der Waals surface area contributed by atoms with E-state index in [-0.39, 0.29) is 11.3 Å². The molecule has 0 aliphatic heterocycles. The van der Waals surface area contributed by atoms with Crippen molar-refractivity contribution in [1.82, 2.24) is 5.32 Å². The standard InChI is InChI=1S/C17H17FN2O3/c1-11-4-2-3-5-12(11)9-20-16(21)10-23-17(22)14-7-6-13(18)8-15(14)19/h2-8H,9-10,19H2,1H3,(H,20,21). The van der Waals surface area contributed by atoms with E-state index in [1.54, 1.807) is 0 Å². The van der Waals surface area contributed by atoms with Crippen LogP contribution in [0.2, 0.25) is 0 Å². The Morgan fingerprint density at radius 2 is 1.96 bits per heavy atom. The van der Waals surface area contributed by atoms with Gasteiger partial charge in [0.15, 0.2) is 6.61 Å². The van der Waals surface area contributed by atoms with Crippen LogP contribution < -0.4 is 11.1 Å². The van der Waals surface area contributed by atoms with Crippen LogP contribution in [0.15, 0.2) is 42.5 Å². The van der Waals surface area contributed by atoms with Crippen molar-refractivity contribution < 1.29 is 18.7 Å². The maximum Gasteiger partial charge on any atom is 0.340 e. The SMILES string of the molecule is Cc1ccccc1CNC(=O)COC(=O)c1ccc(F)cc1N. The molecule has 0 spiro atoms. The number of hydrogen-bond acceptors (Lipinski definition) is 4. The Kier molecular flexibility index (Phi) is 5.30. The third kappa shape index (κ3) is 4.54. The Bertz CT molecular complexity index is 732. The van der Waals surface area contributed by atoms with Gasteiger partial charge in [0.05, 0.1) is 5.56 Å². The van der Waals surface area contributed by atoms with Crippen LogP contribution in [-0.2, 0) is 16.1 Å². The molecular weight excluding hydrogens is 299 g/mol. The second-order valence-electron chi connectivity index (χ2n) is 5.01. The smallest absolute Gasteiger partial charge is 0.340 e. The van der Waals surface area contributed by atoms with Crippen molar-refractivity contribution in [2.45, 2.75) is 13.5 Å². The summed E-state index contributed by atoms with van der Waals surface area (Å²) in [5, 5.41) is 2.66. The fourth-order valence-corrected chi connectivity index (χ4v) is 1.98. The Balaban J connectivity index is 1.84. The van der Waals surface area contributed by atoms with Crippen LogP contribution >= 0.6 is 0 Å². The summed E-state index contributed by atoms with van der Waals surface area (Å²) in [6, 6.07) is 11.0. The van der Waals surface area contributed by atoms with Crippen LogP contribution in [-0.4, -0.2) is 18.5 Å². The Labute approximate surface area is 133 Å². The molecule has 0 aliphatic rings. The number of benzene rings is 2. The first kappa shape index (κ1) is 16.5. The van der Waals surface area contributed by atoms with Gasteiger partial charge in [-0.25, -0.2) is 9.18 Å². The number of ether oxygens (including phenoxy) is 1. The van der Waals surface area contributed by atoms with E-state index >= 15 is 0 Å². The van der Waals surface area contributed by atoms with E-state index in [1.165, 1.54) is 6.07 Å². The Hall–Kier alpha value is -2.89. The van der Waals surface area contributed by atoms with E-state index in [0.29, 0.717) is 6.54 Å². The summed E-state index contributed by atoms with van der Waals surface area (Å²) in [7, 11) is 0. The zero-order valence-electron chi connectivity index (χ0n) is 12.6. The number of anilines is 1. The van der Waals surface area contributed by atoms with Gasteiger partial charge in [0.1, 0.15) is 5.82 Å². The van der Waals surface area contributed by atoms with Crippen molar-refractivity contribution in [3.05, 3.63) is 65.0 Å². The molecule has 6 heteroatoms. The van der Waals surface area contributed by atoms with Crippen LogP contribution in [0.3, 0.4) is 0 Å². The summed E-state index contributed by atoms with van der Waals surface area (Å²) >= 11 is 0. The fourth-order valence-electron chi connectivity index (χ4n) is 1.98. The Morgan fingerprint density at radius 3 is 2.65 bits per heavy atom. The summed E-state index contributed by atoms with van der Waals surface area (Å²) in [4.78, 5) is 23.5. The maximum atomic E-state index is 12.9. The lowest BCUT2D eigenvalue weighted by molar-refractivity contribution is -0.124. The van der Waals surface area contributed by atoms with Crippen molar-refractivity contribution in [3.63, 3.8) is 0 Å². The largest absolute Gasteiger partial charge is 0.452 e. The molecule has 0 unspecified atom stereocenters. The molecule has 1 amide bonds. The lowest BCUT2D eigenvalue weighted by Gasteiger charge is -2.09. The van der Waals surface area contributed by atoms with Gasteiger partial charge in [-0.05, 0) is 36.2 Å². The second kappa shape index (κ2) is 7.40. The minimum atomic E-state index is -0.770. The third-order valence-electron chi connectivity index (χ3n) is 3.31. The molecule has 3 N–H and O–H groups in total. The van der Waals surface area contributed by atoms with E-state index in [2.05, 4.69) is 5.32 Å². The molecule has 2 aromatic rings. The number of rotatable bonds is 5. The lowest BCUT2D eigenvalue weighted by atomic mass is 10.1. The van der Waals surface area contributed by atoms with Crippen molar-refractivity contribution in [2.75, 3.05) is 12.3 Å². The van der Waals surface area contributed by atoms with E-state index in [9.17, 15) is 14.0 Å². The monoisotopic (exact) mass is 316 g/mol. The lowest BCUT2D eigenvalue weighted by Crippen LogP contribution is -2.28. The number of nitrogen functional groups attached to an aromatic ring is 1. The summed E-state index contributed by atoms with van der Waals surface area (Å²) in [6.45, 7) is 1.86. The molecule has 0 saturated heterocycles. The Morgan fingerprint density at radius 1 is 1.22 bits per heavy atom. The van der Waals surface area contributed by atoms with Gasteiger partial charge in [-0.2, -0.15) is 0 Å². The number of esters is 1. The number of hydrogen-bond donors (Lipinski definition) is 2. The maximum absolute atomic E-state index is 12.9. The molecule has 0 aromatic heterocycles. The molecule has 2 aromatic carbocycles. The van der Waals surface area contributed by atoms with Gasteiger partial charge in [0.25, 0.3) is 5.91 Å². The molecule has 0 heterocycles. The van der Waals surface area contributed by atoms with Crippen LogP contribution in [0.25, 0.3) is 0 Å². The number of amides is 1. The molecular formula is C17H17FN2O3. The normalized spacial score (nSPS) is 10.2. The third-order valence-corrected chi connectivity index (χ3v) is 3.31. The number of carbonyl (C=O) groups excluding carboxylic acids is 2. The van der Waals surface area contributed by atoms with E-state index in [1.807, 2.05) is 31.2 Å². The van der Waals surface area contributed by atoms with Crippen molar-refractivity contribution in [2.24, 2.45) is 0 Å². The van der Waals surface area contributed by atoms with Crippen molar-refractivity contribution in [3.8, 4) is 0 Å². The number of halogens is 1. The predicted molar refractivity (Wildman–Crippen MR) is 84.1 cm³/mol. The topological polar surface area (TPSA) is 81.4 Å². The molecule has 0 aliphatic carbocycles. The van der Waals surface area contributed by atoms with E-state index < -0.39 is 24.3 Å². The molecule has 120 valence electrons. The van der Waals surface area contributed by atoms with E-state index in [4.69, 9.17) is 10.5 Å². The first-order chi connectivity index (χ1) is 11.0. The van der Waals surface area contributed by atoms with Gasteiger partial charge in [-0.15, -0.1) is 0 Å². The number of nitrogens with two attached hydrogens (primary N) is 1. The molecule has 0 bridgehead atoms. The average molecular weight is 316 g/mol. The van der Waals surface area contributed by atoms with Crippen LogP contribution in [0.5, 0.6) is 0 Å². The molecule has 0 atom stereocenters. The average Bonchev–Trinajstić information content (AvgIpc) is 2.52. The van der Waals surface area contributed by atoms with Crippen LogP contribution in [0.1, 0.15) is 21.5 Å². The van der Waals surface area contributed by atoms with Crippen molar-refractivity contribution in [1.29, 1.82) is 0 Å². The zero-order valence-corrected chi connectivity index (χ0v) is 12.6. The summed E-state index contributed by atoms with van der Waals surface area (Å²) in [5.41, 5.74) is 7.57. The molecule has 5 nitrogen and oxygen atoms in total. The zero-order chi connectivity index (χ0) is 16.8. The highest BCUT2D eigenvalue weighted by Crippen LogP contribution is 2.14. The van der Waals surface area contributed by atoms with Gasteiger partial charge < -0.3 is 15.8 Å². The first-order valence-corrected chi connectivity index (χ1v) is 7.00.